The van der Waals surface area contributed by atoms with Crippen molar-refractivity contribution in [1.82, 2.24) is 9.88 Å². The number of fused-ring (bicyclic) bond motifs is 2. The molecule has 4 rings (SSSR count). The zero-order valence-corrected chi connectivity index (χ0v) is 17.5. The van der Waals surface area contributed by atoms with Crippen LogP contribution in [0.2, 0.25) is 0 Å². The standard InChI is InChI=1S/C25H27N3O2/c1-2-30-23(29)11-15-28-13-9-19(10-14-28)24-22-8-5-18(17-26)16-21(22)7-6-20-4-3-12-27-25(20)24/h3-5,8,12,16H,2,6-7,9-11,13-15H2,1H3. The lowest BCUT2D eigenvalue weighted by atomic mass is 9.88. The second kappa shape index (κ2) is 9.23. The molecule has 154 valence electrons. The van der Waals surface area contributed by atoms with Crippen molar-refractivity contribution in [2.24, 2.45) is 0 Å². The number of carbonyl (C=O) groups is 1. The molecule has 0 saturated carbocycles. The van der Waals surface area contributed by atoms with Crippen LogP contribution < -0.4 is 0 Å². The van der Waals surface area contributed by atoms with Crippen molar-refractivity contribution < 1.29 is 9.53 Å². The van der Waals surface area contributed by atoms with Crippen LogP contribution in [-0.4, -0.2) is 42.1 Å². The summed E-state index contributed by atoms with van der Waals surface area (Å²) < 4.78 is 5.05. The van der Waals surface area contributed by atoms with Gasteiger partial charge in [0.15, 0.2) is 0 Å². The molecule has 5 nitrogen and oxygen atoms in total. The third kappa shape index (κ3) is 4.29. The molecule has 1 aromatic heterocycles. The average molecular weight is 402 g/mol. The van der Waals surface area contributed by atoms with Crippen molar-refractivity contribution in [3.05, 3.63) is 70.0 Å². The van der Waals surface area contributed by atoms with E-state index in [-0.39, 0.29) is 5.97 Å². The van der Waals surface area contributed by atoms with E-state index in [0.717, 1.165) is 51.0 Å². The van der Waals surface area contributed by atoms with E-state index < -0.39 is 0 Å². The molecule has 1 fully saturated rings. The van der Waals surface area contributed by atoms with E-state index in [9.17, 15) is 10.1 Å². The number of nitriles is 1. The maximum atomic E-state index is 11.7. The van der Waals surface area contributed by atoms with Crippen LogP contribution in [0.5, 0.6) is 0 Å². The molecule has 2 heterocycles. The summed E-state index contributed by atoms with van der Waals surface area (Å²) in [7, 11) is 0. The number of carbonyl (C=O) groups excluding carboxylic acids is 1. The topological polar surface area (TPSA) is 66.2 Å². The fourth-order valence-corrected chi connectivity index (χ4v) is 4.51. The molecule has 0 spiro atoms. The quantitative estimate of drug-likeness (QED) is 0.727. The largest absolute Gasteiger partial charge is 0.466 e. The van der Waals surface area contributed by atoms with Gasteiger partial charge in [0.1, 0.15) is 0 Å². The number of ether oxygens (including phenoxy) is 1. The van der Waals surface area contributed by atoms with Gasteiger partial charge in [0.05, 0.1) is 30.4 Å². The Morgan fingerprint density at radius 2 is 1.97 bits per heavy atom. The number of likely N-dealkylation sites (tertiary alicyclic amines) is 1. The Labute approximate surface area is 178 Å². The van der Waals surface area contributed by atoms with Gasteiger partial charge in [0.25, 0.3) is 0 Å². The van der Waals surface area contributed by atoms with E-state index in [1.807, 2.05) is 31.3 Å². The molecule has 2 aromatic rings. The fourth-order valence-electron chi connectivity index (χ4n) is 4.51. The van der Waals surface area contributed by atoms with Crippen LogP contribution in [0.4, 0.5) is 0 Å². The molecule has 1 aliphatic carbocycles. The van der Waals surface area contributed by atoms with Gasteiger partial charge in [-0.15, -0.1) is 0 Å². The molecular weight excluding hydrogens is 374 g/mol. The fraction of sp³-hybridized carbons (Fsp3) is 0.400. The average Bonchev–Trinajstić information content (AvgIpc) is 2.94. The molecule has 1 aliphatic heterocycles. The molecule has 30 heavy (non-hydrogen) atoms. The van der Waals surface area contributed by atoms with Crippen LogP contribution in [0.15, 0.2) is 42.1 Å². The minimum absolute atomic E-state index is 0.120. The van der Waals surface area contributed by atoms with Gasteiger partial charge in [0, 0.05) is 31.4 Å². The number of rotatable bonds is 4. The van der Waals surface area contributed by atoms with Gasteiger partial charge < -0.3 is 9.64 Å². The van der Waals surface area contributed by atoms with E-state index in [2.05, 4.69) is 23.1 Å². The molecule has 5 heteroatoms. The van der Waals surface area contributed by atoms with E-state index >= 15 is 0 Å². The highest BCUT2D eigenvalue weighted by Gasteiger charge is 2.25. The van der Waals surface area contributed by atoms with Crippen molar-refractivity contribution in [2.45, 2.75) is 39.0 Å². The first kappa shape index (κ1) is 20.3. The number of benzene rings is 1. The van der Waals surface area contributed by atoms with Crippen LogP contribution in [0.1, 0.15) is 54.1 Å². The van der Waals surface area contributed by atoms with Gasteiger partial charge in [-0.2, -0.15) is 5.26 Å². The first-order valence-electron chi connectivity index (χ1n) is 10.8. The highest BCUT2D eigenvalue weighted by Crippen LogP contribution is 2.37. The summed E-state index contributed by atoms with van der Waals surface area (Å²) in [4.78, 5) is 18.8. The van der Waals surface area contributed by atoms with E-state index in [0.29, 0.717) is 18.6 Å². The molecule has 2 aliphatic rings. The van der Waals surface area contributed by atoms with E-state index in [1.165, 1.54) is 27.8 Å². The van der Waals surface area contributed by atoms with Crippen molar-refractivity contribution in [2.75, 3.05) is 26.2 Å². The first-order chi connectivity index (χ1) is 14.7. The van der Waals surface area contributed by atoms with Gasteiger partial charge in [-0.05, 0) is 67.5 Å². The number of nitrogens with zero attached hydrogens (tertiary/aromatic N) is 3. The second-order valence-electron chi connectivity index (χ2n) is 7.87. The summed E-state index contributed by atoms with van der Waals surface area (Å²) in [6.45, 7) is 4.90. The third-order valence-electron chi connectivity index (χ3n) is 6.05. The Hall–Kier alpha value is -2.97. The maximum Gasteiger partial charge on any atom is 0.307 e. The minimum Gasteiger partial charge on any atom is -0.466 e. The molecule has 0 bridgehead atoms. The summed E-state index contributed by atoms with van der Waals surface area (Å²) in [6, 6.07) is 12.5. The lowest BCUT2D eigenvalue weighted by Gasteiger charge is -2.30. The van der Waals surface area contributed by atoms with Crippen molar-refractivity contribution in [1.29, 1.82) is 5.26 Å². The third-order valence-corrected chi connectivity index (χ3v) is 6.05. The van der Waals surface area contributed by atoms with Gasteiger partial charge in [-0.3, -0.25) is 9.78 Å². The normalized spacial score (nSPS) is 16.3. The number of aromatic nitrogens is 1. The predicted octanol–water partition coefficient (Wildman–Crippen LogP) is 3.90. The molecule has 1 aromatic carbocycles. The molecular formula is C25H27N3O2. The highest BCUT2D eigenvalue weighted by atomic mass is 16.5. The van der Waals surface area contributed by atoms with Gasteiger partial charge in [0.2, 0.25) is 0 Å². The summed E-state index contributed by atoms with van der Waals surface area (Å²) in [5.74, 6) is -0.120. The predicted molar refractivity (Wildman–Crippen MR) is 116 cm³/mol. The number of esters is 1. The Kier molecular flexibility index (Phi) is 6.25. The van der Waals surface area contributed by atoms with Gasteiger partial charge in [-0.25, -0.2) is 0 Å². The summed E-state index contributed by atoms with van der Waals surface area (Å²) in [6.07, 6.45) is 6.12. The number of aryl methyl sites for hydroxylation is 2. The number of piperidine rings is 1. The zero-order valence-electron chi connectivity index (χ0n) is 17.5. The highest BCUT2D eigenvalue weighted by molar-refractivity contribution is 5.84. The summed E-state index contributed by atoms with van der Waals surface area (Å²) in [5, 5.41) is 9.34. The molecule has 0 atom stereocenters. The Balaban J connectivity index is 1.63. The zero-order chi connectivity index (χ0) is 20.9. The Morgan fingerprint density at radius 3 is 2.73 bits per heavy atom. The van der Waals surface area contributed by atoms with Crippen LogP contribution in [-0.2, 0) is 22.4 Å². The number of hydrogen-bond donors (Lipinski definition) is 0. The van der Waals surface area contributed by atoms with Crippen LogP contribution >= 0.6 is 0 Å². The van der Waals surface area contributed by atoms with Gasteiger partial charge in [-0.1, -0.05) is 17.7 Å². The lowest BCUT2D eigenvalue weighted by Crippen LogP contribution is -2.33. The maximum absolute atomic E-state index is 11.7. The van der Waals surface area contributed by atoms with Crippen LogP contribution in [0.3, 0.4) is 0 Å². The molecule has 0 N–H and O–H groups in total. The smallest absolute Gasteiger partial charge is 0.307 e. The van der Waals surface area contributed by atoms with Crippen LogP contribution in [0.25, 0.3) is 5.57 Å². The molecule has 0 amide bonds. The summed E-state index contributed by atoms with van der Waals surface area (Å²) >= 11 is 0. The Bertz CT molecular complexity index is 1010. The van der Waals surface area contributed by atoms with Crippen molar-refractivity contribution in [3.63, 3.8) is 0 Å². The summed E-state index contributed by atoms with van der Waals surface area (Å²) in [5.41, 5.74) is 8.23. The van der Waals surface area contributed by atoms with Crippen molar-refractivity contribution >= 4 is 11.5 Å². The number of hydrogen-bond acceptors (Lipinski definition) is 5. The molecule has 0 radical (unpaired) electrons. The van der Waals surface area contributed by atoms with E-state index in [1.54, 1.807) is 0 Å². The SMILES string of the molecule is CCOC(=O)CCN1CCC(=C2c3ccc(C#N)cc3CCc3cccnc32)CC1. The molecule has 0 unspecified atom stereocenters. The monoisotopic (exact) mass is 401 g/mol. The minimum atomic E-state index is -0.120. The number of pyridine rings is 1. The first-order valence-corrected chi connectivity index (χ1v) is 10.8. The molecule has 1 saturated heterocycles. The van der Waals surface area contributed by atoms with Gasteiger partial charge >= 0.3 is 5.97 Å². The van der Waals surface area contributed by atoms with E-state index in [4.69, 9.17) is 9.72 Å². The second-order valence-corrected chi connectivity index (χ2v) is 7.87. The lowest BCUT2D eigenvalue weighted by molar-refractivity contribution is -0.143. The van der Waals surface area contributed by atoms with Crippen molar-refractivity contribution in [3.8, 4) is 6.07 Å². The Morgan fingerprint density at radius 1 is 1.17 bits per heavy atom. The van der Waals surface area contributed by atoms with Crippen LogP contribution in [0, 0.1) is 11.3 Å².